The van der Waals surface area contributed by atoms with Crippen molar-refractivity contribution in [3.8, 4) is 11.4 Å². The maximum atomic E-state index is 13.1. The van der Waals surface area contributed by atoms with E-state index in [1.165, 1.54) is 9.13 Å². The van der Waals surface area contributed by atoms with Gasteiger partial charge in [0.05, 0.1) is 12.8 Å². The lowest BCUT2D eigenvalue weighted by atomic mass is 10.3. The van der Waals surface area contributed by atoms with Crippen molar-refractivity contribution in [3.05, 3.63) is 69.1 Å². The molecule has 3 heterocycles. The number of imidazole rings is 2. The summed E-state index contributed by atoms with van der Waals surface area (Å²) in [5.74, 6) is 1.24. The van der Waals surface area contributed by atoms with Crippen LogP contribution < -0.4 is 16.0 Å². The zero-order valence-corrected chi connectivity index (χ0v) is 16.2. The number of ether oxygens (including phenoxy) is 1. The minimum absolute atomic E-state index is 0.220. The fourth-order valence-electron chi connectivity index (χ4n) is 3.49. The van der Waals surface area contributed by atoms with Crippen LogP contribution in [0.4, 0.5) is 0 Å². The predicted molar refractivity (Wildman–Crippen MR) is 108 cm³/mol. The molecule has 0 amide bonds. The smallest absolute Gasteiger partial charge is 0.332 e. The summed E-state index contributed by atoms with van der Waals surface area (Å²) in [7, 11) is 3.24. The second-order valence-electron chi connectivity index (χ2n) is 6.56. The molecule has 0 unspecified atom stereocenters. The number of fused-ring (bicyclic) bond motifs is 3. The summed E-state index contributed by atoms with van der Waals surface area (Å²) in [5, 5.41) is 0. The van der Waals surface area contributed by atoms with Crippen molar-refractivity contribution in [2.75, 3.05) is 7.11 Å². The topological polar surface area (TPSA) is 75.5 Å². The van der Waals surface area contributed by atoms with E-state index in [1.54, 1.807) is 24.6 Å². The second-order valence-corrected chi connectivity index (χ2v) is 6.56. The van der Waals surface area contributed by atoms with Crippen molar-refractivity contribution < 1.29 is 4.74 Å². The highest BCUT2D eigenvalue weighted by Gasteiger charge is 2.21. The maximum Gasteiger partial charge on any atom is 0.332 e. The fourth-order valence-corrected chi connectivity index (χ4v) is 3.49. The summed E-state index contributed by atoms with van der Waals surface area (Å²) in [6, 6.07) is 7.60. The summed E-state index contributed by atoms with van der Waals surface area (Å²) in [6.07, 6.45) is 5.44. The molecule has 0 spiro atoms. The number of rotatable bonds is 4. The lowest BCUT2D eigenvalue weighted by molar-refractivity contribution is 0.413. The molecule has 0 radical (unpaired) electrons. The van der Waals surface area contributed by atoms with Crippen molar-refractivity contribution in [1.82, 2.24) is 23.1 Å². The van der Waals surface area contributed by atoms with Crippen LogP contribution in [0.1, 0.15) is 12.6 Å². The van der Waals surface area contributed by atoms with Gasteiger partial charge >= 0.3 is 5.69 Å². The molecule has 8 heteroatoms. The van der Waals surface area contributed by atoms with Crippen molar-refractivity contribution in [2.24, 2.45) is 7.05 Å². The van der Waals surface area contributed by atoms with Gasteiger partial charge in [0.25, 0.3) is 5.56 Å². The van der Waals surface area contributed by atoms with Crippen molar-refractivity contribution >= 4 is 16.9 Å². The van der Waals surface area contributed by atoms with Crippen LogP contribution >= 0.6 is 0 Å². The molecule has 0 aliphatic heterocycles. The Kier molecular flexibility index (Phi) is 4.18. The number of aromatic nitrogens is 5. The average molecular weight is 379 g/mol. The van der Waals surface area contributed by atoms with E-state index >= 15 is 0 Å². The van der Waals surface area contributed by atoms with Crippen molar-refractivity contribution in [3.63, 3.8) is 0 Å². The molecular formula is C20H21N5O3. The highest BCUT2D eigenvalue weighted by Crippen LogP contribution is 2.27. The van der Waals surface area contributed by atoms with Gasteiger partial charge < -0.3 is 4.74 Å². The molecule has 144 valence electrons. The van der Waals surface area contributed by atoms with Crippen LogP contribution in [0.15, 0.2) is 52.2 Å². The summed E-state index contributed by atoms with van der Waals surface area (Å²) in [6.45, 7) is 4.01. The molecule has 0 atom stereocenters. The Morgan fingerprint density at radius 2 is 1.96 bits per heavy atom. The first-order chi connectivity index (χ1) is 13.5. The number of aryl methyl sites for hydroxylation is 2. The molecule has 0 saturated heterocycles. The summed E-state index contributed by atoms with van der Waals surface area (Å²) in [5.41, 5.74) is 1.68. The molecule has 0 aliphatic rings. The molecule has 1 aromatic carbocycles. The first-order valence-corrected chi connectivity index (χ1v) is 8.94. The molecule has 0 N–H and O–H groups in total. The number of allylic oxidation sites excluding steroid dienone is 2. The van der Waals surface area contributed by atoms with Crippen molar-refractivity contribution in [1.29, 1.82) is 0 Å². The first-order valence-electron chi connectivity index (χ1n) is 8.94. The Balaban J connectivity index is 2.13. The molecule has 0 bridgehead atoms. The molecule has 0 saturated carbocycles. The van der Waals surface area contributed by atoms with E-state index in [0.717, 1.165) is 11.4 Å². The average Bonchev–Trinajstić information content (AvgIpc) is 3.20. The third-order valence-corrected chi connectivity index (χ3v) is 4.88. The van der Waals surface area contributed by atoms with Crippen LogP contribution in [0.25, 0.3) is 22.6 Å². The Morgan fingerprint density at radius 1 is 1.21 bits per heavy atom. The SMILES string of the molecule is C/C=C\Cn1c(=O)c2c(nc3n(-c4ccccc4OC)c(C)cn23)n(C)c1=O. The van der Waals surface area contributed by atoms with Gasteiger partial charge in [0.15, 0.2) is 11.2 Å². The molecule has 4 rings (SSSR count). The van der Waals surface area contributed by atoms with E-state index < -0.39 is 5.69 Å². The monoisotopic (exact) mass is 379 g/mol. The van der Waals surface area contributed by atoms with Crippen LogP contribution in [0.3, 0.4) is 0 Å². The van der Waals surface area contributed by atoms with Gasteiger partial charge in [-0.25, -0.2) is 4.79 Å². The van der Waals surface area contributed by atoms with Gasteiger partial charge in [-0.15, -0.1) is 0 Å². The van der Waals surface area contributed by atoms with E-state index in [9.17, 15) is 9.59 Å². The standard InChI is InChI=1S/C20H21N5O3/c1-5-6-11-23-18(26)16-17(22(3)20(23)27)21-19-24(16)12-13(2)25(19)14-9-7-8-10-15(14)28-4/h5-10,12H,11H2,1-4H3/b6-5-. The first kappa shape index (κ1) is 17.8. The number of methoxy groups -OCH3 is 1. The maximum absolute atomic E-state index is 13.1. The van der Waals surface area contributed by atoms with Crippen LogP contribution in [0.5, 0.6) is 5.75 Å². The number of hydrogen-bond donors (Lipinski definition) is 0. The lowest BCUT2D eigenvalue weighted by Gasteiger charge is -2.10. The Labute approximate surface area is 160 Å². The molecule has 4 aromatic rings. The number of nitrogens with zero attached hydrogens (tertiary/aromatic N) is 5. The minimum atomic E-state index is -0.392. The highest BCUT2D eigenvalue weighted by molar-refractivity contribution is 5.76. The van der Waals surface area contributed by atoms with Crippen LogP contribution in [-0.2, 0) is 13.6 Å². The lowest BCUT2D eigenvalue weighted by Crippen LogP contribution is -2.39. The molecule has 8 nitrogen and oxygen atoms in total. The van der Waals surface area contributed by atoms with E-state index in [-0.39, 0.29) is 12.1 Å². The second kappa shape index (κ2) is 6.56. The van der Waals surface area contributed by atoms with Crippen molar-refractivity contribution in [2.45, 2.75) is 20.4 Å². The van der Waals surface area contributed by atoms with E-state index in [0.29, 0.717) is 22.7 Å². The van der Waals surface area contributed by atoms with Gasteiger partial charge in [-0.05, 0) is 26.0 Å². The molecular weight excluding hydrogens is 358 g/mol. The normalized spacial score (nSPS) is 11.9. The van der Waals surface area contributed by atoms with E-state index in [2.05, 4.69) is 4.98 Å². The predicted octanol–water partition coefficient (Wildman–Crippen LogP) is 2.03. The summed E-state index contributed by atoms with van der Waals surface area (Å²) >= 11 is 0. The van der Waals surface area contributed by atoms with Crippen LogP contribution in [0.2, 0.25) is 0 Å². The van der Waals surface area contributed by atoms with Crippen LogP contribution in [-0.4, -0.2) is 30.2 Å². The minimum Gasteiger partial charge on any atom is -0.495 e. The third-order valence-electron chi connectivity index (χ3n) is 4.88. The van der Waals surface area contributed by atoms with Gasteiger partial charge in [0.2, 0.25) is 5.78 Å². The van der Waals surface area contributed by atoms with Gasteiger partial charge in [-0.2, -0.15) is 4.98 Å². The number of hydrogen-bond acceptors (Lipinski definition) is 4. The fraction of sp³-hybridized carbons (Fsp3) is 0.250. The van der Waals surface area contributed by atoms with Gasteiger partial charge in [0.1, 0.15) is 5.75 Å². The Morgan fingerprint density at radius 3 is 2.68 bits per heavy atom. The highest BCUT2D eigenvalue weighted by atomic mass is 16.5. The van der Waals surface area contributed by atoms with E-state index in [4.69, 9.17) is 4.74 Å². The largest absolute Gasteiger partial charge is 0.495 e. The molecule has 28 heavy (non-hydrogen) atoms. The third kappa shape index (κ3) is 2.41. The Bertz CT molecular complexity index is 1350. The molecule has 0 fully saturated rings. The molecule has 0 aliphatic carbocycles. The molecule has 3 aromatic heterocycles. The Hall–Kier alpha value is -3.55. The van der Waals surface area contributed by atoms with Gasteiger partial charge in [-0.1, -0.05) is 24.3 Å². The number of benzene rings is 1. The zero-order chi connectivity index (χ0) is 20.0. The van der Waals surface area contributed by atoms with Gasteiger partial charge in [-0.3, -0.25) is 22.9 Å². The zero-order valence-electron chi connectivity index (χ0n) is 16.2. The summed E-state index contributed by atoms with van der Waals surface area (Å²) in [4.78, 5) is 30.4. The number of para-hydroxylation sites is 2. The van der Waals surface area contributed by atoms with Crippen LogP contribution in [0, 0.1) is 6.92 Å². The summed E-state index contributed by atoms with van der Waals surface area (Å²) < 4.78 is 11.8. The van der Waals surface area contributed by atoms with E-state index in [1.807, 2.05) is 55.0 Å². The van der Waals surface area contributed by atoms with Gasteiger partial charge in [0, 0.05) is 25.5 Å². The quantitative estimate of drug-likeness (QED) is 0.509.